The standard InChI is InChI=1S/C12H19N3/c1-10-5-6-14-12(8-10)15-7-3-4-11(15)9-13-2/h5-6,8,11,13H,3-4,7,9H2,1-2H3. The van der Waals surface area contributed by atoms with E-state index in [1.165, 1.54) is 18.4 Å². The van der Waals surface area contributed by atoms with Crippen molar-refractivity contribution in [2.24, 2.45) is 0 Å². The van der Waals surface area contributed by atoms with Gasteiger partial charge in [0.2, 0.25) is 0 Å². The number of aryl methyl sites for hydroxylation is 1. The topological polar surface area (TPSA) is 28.2 Å². The average Bonchev–Trinajstić information content (AvgIpc) is 2.66. The van der Waals surface area contributed by atoms with Crippen molar-refractivity contribution in [1.82, 2.24) is 10.3 Å². The molecule has 82 valence electrons. The van der Waals surface area contributed by atoms with Gasteiger partial charge in [-0.3, -0.25) is 0 Å². The normalized spacial score (nSPS) is 20.9. The molecule has 1 unspecified atom stereocenters. The quantitative estimate of drug-likeness (QED) is 0.812. The molecule has 1 aromatic rings. The zero-order valence-corrected chi connectivity index (χ0v) is 9.53. The number of nitrogens with zero attached hydrogens (tertiary/aromatic N) is 2. The Morgan fingerprint density at radius 3 is 3.20 bits per heavy atom. The van der Waals surface area contributed by atoms with Gasteiger partial charge in [-0.1, -0.05) is 0 Å². The second-order valence-electron chi connectivity index (χ2n) is 4.24. The molecule has 3 nitrogen and oxygen atoms in total. The van der Waals surface area contributed by atoms with Crippen LogP contribution in [0.2, 0.25) is 0 Å². The SMILES string of the molecule is CNCC1CCCN1c1cc(C)ccn1. The molecule has 0 amide bonds. The van der Waals surface area contributed by atoms with Gasteiger partial charge in [0.05, 0.1) is 0 Å². The average molecular weight is 205 g/mol. The van der Waals surface area contributed by atoms with Crippen LogP contribution in [0.15, 0.2) is 18.3 Å². The Morgan fingerprint density at radius 2 is 2.47 bits per heavy atom. The van der Waals surface area contributed by atoms with Crippen LogP contribution in [0, 0.1) is 6.92 Å². The molecular formula is C12H19N3. The van der Waals surface area contributed by atoms with Gasteiger partial charge in [-0.15, -0.1) is 0 Å². The predicted octanol–water partition coefficient (Wildman–Crippen LogP) is 1.58. The highest BCUT2D eigenvalue weighted by atomic mass is 15.2. The Morgan fingerprint density at radius 1 is 1.60 bits per heavy atom. The molecule has 0 spiro atoms. The molecule has 1 fully saturated rings. The first kappa shape index (κ1) is 10.4. The Balaban J connectivity index is 2.15. The lowest BCUT2D eigenvalue weighted by atomic mass is 10.2. The molecular weight excluding hydrogens is 186 g/mol. The molecule has 2 rings (SSSR count). The first-order valence-electron chi connectivity index (χ1n) is 5.65. The first-order chi connectivity index (χ1) is 7.31. The van der Waals surface area contributed by atoms with Crippen molar-refractivity contribution in [2.75, 3.05) is 25.0 Å². The summed E-state index contributed by atoms with van der Waals surface area (Å²) in [6.45, 7) is 4.31. The van der Waals surface area contributed by atoms with Crippen molar-refractivity contribution in [3.8, 4) is 0 Å². The van der Waals surface area contributed by atoms with E-state index in [-0.39, 0.29) is 0 Å². The van der Waals surface area contributed by atoms with E-state index in [4.69, 9.17) is 0 Å². The van der Waals surface area contributed by atoms with Crippen LogP contribution in [0.4, 0.5) is 5.82 Å². The fraction of sp³-hybridized carbons (Fsp3) is 0.583. The van der Waals surface area contributed by atoms with Crippen LogP contribution in [-0.4, -0.2) is 31.2 Å². The summed E-state index contributed by atoms with van der Waals surface area (Å²) >= 11 is 0. The molecule has 1 aliphatic rings. The molecule has 0 saturated carbocycles. The molecule has 3 heteroatoms. The van der Waals surface area contributed by atoms with E-state index in [0.717, 1.165) is 18.9 Å². The third-order valence-electron chi connectivity index (χ3n) is 3.01. The summed E-state index contributed by atoms with van der Waals surface area (Å²) in [4.78, 5) is 6.87. The van der Waals surface area contributed by atoms with Crippen LogP contribution in [-0.2, 0) is 0 Å². The van der Waals surface area contributed by atoms with Crippen molar-refractivity contribution >= 4 is 5.82 Å². The highest BCUT2D eigenvalue weighted by Gasteiger charge is 2.24. The molecule has 1 atom stereocenters. The summed E-state index contributed by atoms with van der Waals surface area (Å²) in [6, 6.07) is 4.84. The van der Waals surface area contributed by atoms with Crippen LogP contribution in [0.1, 0.15) is 18.4 Å². The molecule has 0 radical (unpaired) electrons. The number of rotatable bonds is 3. The van der Waals surface area contributed by atoms with Gasteiger partial charge in [-0.25, -0.2) is 4.98 Å². The Kier molecular flexibility index (Phi) is 3.21. The second-order valence-corrected chi connectivity index (χ2v) is 4.24. The Labute approximate surface area is 91.5 Å². The maximum absolute atomic E-state index is 4.45. The van der Waals surface area contributed by atoms with Crippen LogP contribution in [0.3, 0.4) is 0 Å². The molecule has 1 aromatic heterocycles. The number of hydrogen-bond acceptors (Lipinski definition) is 3. The van der Waals surface area contributed by atoms with Crippen molar-refractivity contribution in [3.05, 3.63) is 23.9 Å². The molecule has 0 aliphatic carbocycles. The van der Waals surface area contributed by atoms with Gasteiger partial charge in [0.25, 0.3) is 0 Å². The minimum Gasteiger partial charge on any atom is -0.352 e. The maximum atomic E-state index is 4.45. The monoisotopic (exact) mass is 205 g/mol. The van der Waals surface area contributed by atoms with Crippen molar-refractivity contribution < 1.29 is 0 Å². The van der Waals surface area contributed by atoms with E-state index in [9.17, 15) is 0 Å². The fourth-order valence-electron chi connectivity index (χ4n) is 2.26. The summed E-state index contributed by atoms with van der Waals surface area (Å²) < 4.78 is 0. The van der Waals surface area contributed by atoms with E-state index in [1.54, 1.807) is 0 Å². The Bertz CT molecular complexity index is 324. The van der Waals surface area contributed by atoms with E-state index < -0.39 is 0 Å². The number of anilines is 1. The largest absolute Gasteiger partial charge is 0.352 e. The summed E-state index contributed by atoms with van der Waals surface area (Å²) in [7, 11) is 2.01. The highest BCUT2D eigenvalue weighted by molar-refractivity contribution is 5.43. The Hall–Kier alpha value is -1.09. The number of pyridine rings is 1. The lowest BCUT2D eigenvalue weighted by Crippen LogP contribution is -2.37. The van der Waals surface area contributed by atoms with Crippen molar-refractivity contribution in [1.29, 1.82) is 0 Å². The third-order valence-corrected chi connectivity index (χ3v) is 3.01. The van der Waals surface area contributed by atoms with E-state index >= 15 is 0 Å². The summed E-state index contributed by atoms with van der Waals surface area (Å²) in [5.74, 6) is 1.13. The number of likely N-dealkylation sites (N-methyl/N-ethyl adjacent to an activating group) is 1. The summed E-state index contributed by atoms with van der Waals surface area (Å²) in [5.41, 5.74) is 1.29. The van der Waals surface area contributed by atoms with Gasteiger partial charge >= 0.3 is 0 Å². The molecule has 15 heavy (non-hydrogen) atoms. The molecule has 0 aromatic carbocycles. The van der Waals surface area contributed by atoms with E-state index in [0.29, 0.717) is 6.04 Å². The van der Waals surface area contributed by atoms with Crippen LogP contribution in [0.5, 0.6) is 0 Å². The van der Waals surface area contributed by atoms with Crippen LogP contribution in [0.25, 0.3) is 0 Å². The van der Waals surface area contributed by atoms with E-state index in [1.807, 2.05) is 19.3 Å². The molecule has 0 bridgehead atoms. The fourth-order valence-corrected chi connectivity index (χ4v) is 2.26. The zero-order chi connectivity index (χ0) is 10.7. The lowest BCUT2D eigenvalue weighted by molar-refractivity contribution is 0.612. The number of hydrogen-bond donors (Lipinski definition) is 1. The first-order valence-corrected chi connectivity index (χ1v) is 5.65. The van der Waals surface area contributed by atoms with Gasteiger partial charge in [-0.2, -0.15) is 0 Å². The minimum absolute atomic E-state index is 0.615. The number of nitrogens with one attached hydrogen (secondary N) is 1. The predicted molar refractivity (Wildman–Crippen MR) is 63.3 cm³/mol. The molecule has 2 heterocycles. The lowest BCUT2D eigenvalue weighted by Gasteiger charge is -2.25. The van der Waals surface area contributed by atoms with Crippen LogP contribution < -0.4 is 10.2 Å². The third kappa shape index (κ3) is 2.29. The summed E-state index contributed by atoms with van der Waals surface area (Å²) in [6.07, 6.45) is 4.46. The van der Waals surface area contributed by atoms with E-state index in [2.05, 4.69) is 28.2 Å². The van der Waals surface area contributed by atoms with Gasteiger partial charge < -0.3 is 10.2 Å². The highest BCUT2D eigenvalue weighted by Crippen LogP contribution is 2.23. The van der Waals surface area contributed by atoms with Gasteiger partial charge in [-0.05, 0) is 44.5 Å². The smallest absolute Gasteiger partial charge is 0.129 e. The number of aromatic nitrogens is 1. The van der Waals surface area contributed by atoms with Crippen molar-refractivity contribution in [3.63, 3.8) is 0 Å². The summed E-state index contributed by atoms with van der Waals surface area (Å²) in [5, 5.41) is 3.25. The van der Waals surface area contributed by atoms with Gasteiger partial charge in [0.15, 0.2) is 0 Å². The van der Waals surface area contributed by atoms with Crippen LogP contribution >= 0.6 is 0 Å². The zero-order valence-electron chi connectivity index (χ0n) is 9.53. The maximum Gasteiger partial charge on any atom is 0.129 e. The molecule has 1 N–H and O–H groups in total. The van der Waals surface area contributed by atoms with Crippen molar-refractivity contribution in [2.45, 2.75) is 25.8 Å². The van der Waals surface area contributed by atoms with Gasteiger partial charge in [0.1, 0.15) is 5.82 Å². The van der Waals surface area contributed by atoms with Gasteiger partial charge in [0, 0.05) is 25.3 Å². The second kappa shape index (κ2) is 4.62. The minimum atomic E-state index is 0.615. The molecule has 1 aliphatic heterocycles. The molecule has 1 saturated heterocycles.